The number of carbonyl (C=O) groups excluding carboxylic acids is 14. The van der Waals surface area contributed by atoms with Gasteiger partial charge in [0.25, 0.3) is 0 Å². The van der Waals surface area contributed by atoms with Crippen molar-refractivity contribution in [1.82, 2.24) is 66.2 Å². The standard InChI is InChI=1S/C73H130N13O23P/c1-28-30-31-45(15)61(109-57(89)37-81(22)68(96)51(38-106-110(103,104)105)78-73(102)108-49(19)107-48(18)87)59(74-20)65(93)77-50(29-2)67(95)80(21)36-56(88)82(23)52(32-39(3)4)64(92)79-58(43(11)12)71(99)83(24)53(33-40(5)6)63(91)75-46(16)62(90)76-47(17)66(94)84(25)54(34-41(7)8)69(97)85(26)55(35-42(9)10)70(98)86(27)60(44(13)14)72(100)101/h28,30,39-47,49-55,58-61,74H,29,31-38H2,1-27H3,(H,75,91)(H,76,90)(H,77,93)(H,78,102)(H,79,92)(H,100,101)(H2,103,104,105)/b30-28+/t45-,46+,47-,49?,50+,51-,52+,53+,54+,55+,58+,59-,60+,61-/m1/s1. The van der Waals surface area contributed by atoms with E-state index in [2.05, 4.69) is 31.1 Å². The normalized spacial score (nSPS) is 15.6. The van der Waals surface area contributed by atoms with Crippen molar-refractivity contribution in [2.24, 2.45) is 41.4 Å². The summed E-state index contributed by atoms with van der Waals surface area (Å²) in [6.45, 7) is 28.8. The molecule has 0 aliphatic carbocycles. The highest BCUT2D eigenvalue weighted by molar-refractivity contribution is 7.46. The molecule has 110 heavy (non-hydrogen) atoms. The van der Waals surface area contributed by atoms with Crippen molar-refractivity contribution in [3.8, 4) is 0 Å². The summed E-state index contributed by atoms with van der Waals surface area (Å²) in [6, 6.07) is -14.2. The van der Waals surface area contributed by atoms with Gasteiger partial charge < -0.3 is 95.3 Å². The maximum absolute atomic E-state index is 14.7. The smallest absolute Gasteiger partial charge is 0.469 e. The van der Waals surface area contributed by atoms with Crippen LogP contribution in [0.25, 0.3) is 0 Å². The molecule has 37 heteroatoms. The first-order valence-corrected chi connectivity index (χ1v) is 38.8. The first-order chi connectivity index (χ1) is 50.6. The number of rotatable bonds is 47. The van der Waals surface area contributed by atoms with E-state index in [1.807, 2.05) is 60.7 Å². The van der Waals surface area contributed by atoms with E-state index >= 15 is 0 Å². The van der Waals surface area contributed by atoms with Crippen LogP contribution < -0.4 is 31.9 Å². The summed E-state index contributed by atoms with van der Waals surface area (Å²) in [5, 5.41) is 25.7. The third-order valence-corrected chi connectivity index (χ3v) is 18.7. The van der Waals surface area contributed by atoms with Gasteiger partial charge in [-0.1, -0.05) is 109 Å². The largest absolute Gasteiger partial charge is 0.480 e. The Kier molecular flexibility index (Phi) is 44.2. The average Bonchev–Trinajstić information content (AvgIpc) is 0.825. The van der Waals surface area contributed by atoms with E-state index in [0.717, 1.165) is 33.6 Å². The van der Waals surface area contributed by atoms with Gasteiger partial charge in [-0.05, 0) is 108 Å². The van der Waals surface area contributed by atoms with Crippen molar-refractivity contribution in [2.75, 3.05) is 76.1 Å². The minimum Gasteiger partial charge on any atom is -0.480 e. The van der Waals surface area contributed by atoms with Crippen molar-refractivity contribution in [3.05, 3.63) is 12.2 Å². The highest BCUT2D eigenvalue weighted by Gasteiger charge is 2.44. The average molecular weight is 1590 g/mol. The van der Waals surface area contributed by atoms with Gasteiger partial charge in [-0.25, -0.2) is 14.2 Å². The van der Waals surface area contributed by atoms with Crippen LogP contribution in [0.3, 0.4) is 0 Å². The monoisotopic (exact) mass is 1590 g/mol. The van der Waals surface area contributed by atoms with Crippen molar-refractivity contribution >= 4 is 96.8 Å². The van der Waals surface area contributed by atoms with Crippen LogP contribution in [0.2, 0.25) is 0 Å². The van der Waals surface area contributed by atoms with Gasteiger partial charge in [0, 0.05) is 63.2 Å². The van der Waals surface area contributed by atoms with Crippen molar-refractivity contribution < 1.29 is 110 Å². The Morgan fingerprint density at radius 3 is 1.36 bits per heavy atom. The maximum Gasteiger partial charge on any atom is 0.469 e. The summed E-state index contributed by atoms with van der Waals surface area (Å²) in [5.41, 5.74) is 0. The Labute approximate surface area is 649 Å². The molecule has 630 valence electrons. The quantitative estimate of drug-likeness (QED) is 0.0182. The zero-order valence-electron chi connectivity index (χ0n) is 69.6. The highest BCUT2D eigenvalue weighted by Crippen LogP contribution is 2.36. The second-order valence-corrected chi connectivity index (χ2v) is 31.8. The number of phosphoric acid groups is 1. The molecular weight excluding hydrogens is 1460 g/mol. The molecule has 0 aromatic heterocycles. The van der Waals surface area contributed by atoms with Crippen LogP contribution in [-0.4, -0.2) is 293 Å². The Morgan fingerprint density at radius 2 is 0.918 bits per heavy atom. The molecule has 0 spiro atoms. The van der Waals surface area contributed by atoms with Crippen molar-refractivity contribution in [1.29, 1.82) is 0 Å². The van der Waals surface area contributed by atoms with Crippen LogP contribution in [0.4, 0.5) is 4.79 Å². The van der Waals surface area contributed by atoms with Gasteiger partial charge in [0.15, 0.2) is 0 Å². The fourth-order valence-corrected chi connectivity index (χ4v) is 12.4. The molecule has 0 radical (unpaired) electrons. The number of phosphoric ester groups is 1. The third kappa shape index (κ3) is 33.7. The highest BCUT2D eigenvalue weighted by atomic mass is 31.2. The van der Waals surface area contributed by atoms with Crippen LogP contribution >= 0.6 is 7.82 Å². The minimum atomic E-state index is -5.23. The van der Waals surface area contributed by atoms with E-state index in [-0.39, 0.29) is 62.2 Å². The van der Waals surface area contributed by atoms with Gasteiger partial charge in [0.2, 0.25) is 71.3 Å². The molecular formula is C73H130N13O23P. The van der Waals surface area contributed by atoms with Crippen LogP contribution in [0.15, 0.2) is 12.2 Å². The number of nitrogens with one attached hydrogen (secondary N) is 6. The minimum absolute atomic E-state index is 0.0152. The lowest BCUT2D eigenvalue weighted by Gasteiger charge is -2.39. The van der Waals surface area contributed by atoms with Crippen LogP contribution in [0.5, 0.6) is 0 Å². The molecule has 0 aromatic rings. The van der Waals surface area contributed by atoms with Crippen LogP contribution in [0, 0.1) is 41.4 Å². The molecule has 14 atom stereocenters. The molecule has 0 saturated carbocycles. The van der Waals surface area contributed by atoms with Crippen LogP contribution in [0.1, 0.15) is 170 Å². The predicted octanol–water partition coefficient (Wildman–Crippen LogP) is 2.22. The number of ether oxygens (including phenoxy) is 3. The summed E-state index contributed by atoms with van der Waals surface area (Å²) >= 11 is 0. The number of carboxylic acids is 1. The molecule has 0 bridgehead atoms. The number of carbonyl (C=O) groups is 15. The first-order valence-electron chi connectivity index (χ1n) is 37.2. The van der Waals surface area contributed by atoms with Gasteiger partial charge >= 0.3 is 31.8 Å². The first kappa shape index (κ1) is 102. The fourth-order valence-electron chi connectivity index (χ4n) is 12.1. The number of esters is 2. The molecule has 1 unspecified atom stereocenters. The van der Waals surface area contributed by atoms with Gasteiger partial charge in [-0.15, -0.1) is 0 Å². The van der Waals surface area contributed by atoms with Gasteiger partial charge in [0.1, 0.15) is 79.1 Å². The number of likely N-dealkylation sites (N-methyl/N-ethyl adjacent to an activating group) is 8. The Balaban J connectivity index is 6.72. The van der Waals surface area contributed by atoms with Crippen LogP contribution in [-0.2, 0) is 90.4 Å². The maximum atomic E-state index is 14.7. The number of hydrogen-bond donors (Lipinski definition) is 9. The molecule has 0 saturated heterocycles. The van der Waals surface area contributed by atoms with E-state index in [4.69, 9.17) is 14.2 Å². The number of amides is 12. The Morgan fingerprint density at radius 1 is 0.473 bits per heavy atom. The molecule has 0 fully saturated rings. The molecule has 12 amide bonds. The summed E-state index contributed by atoms with van der Waals surface area (Å²) in [6.07, 6.45) is 0.0760. The fraction of sp³-hybridized carbons (Fsp3) is 0.767. The zero-order chi connectivity index (χ0) is 85.6. The summed E-state index contributed by atoms with van der Waals surface area (Å²) < 4.78 is 31.5. The summed E-state index contributed by atoms with van der Waals surface area (Å²) in [4.78, 5) is 233. The zero-order valence-corrected chi connectivity index (χ0v) is 70.5. The number of hydrogen-bond acceptors (Lipinski definition) is 21. The molecule has 0 aromatic carbocycles. The third-order valence-electron chi connectivity index (χ3n) is 18.2. The molecule has 9 N–H and O–H groups in total. The van der Waals surface area contributed by atoms with Gasteiger partial charge in [0.05, 0.1) is 13.2 Å². The number of allylic oxidation sites excluding steroid dienone is 2. The summed E-state index contributed by atoms with van der Waals surface area (Å²) in [5.74, 6) is -13.6. The van der Waals surface area contributed by atoms with Gasteiger partial charge in [-0.2, -0.15) is 0 Å². The lowest BCUT2D eigenvalue weighted by atomic mass is 9.93. The second-order valence-electron chi connectivity index (χ2n) is 30.5. The summed E-state index contributed by atoms with van der Waals surface area (Å²) in [7, 11) is 5.54. The number of nitrogens with zero attached hydrogens (tertiary/aromatic N) is 7. The van der Waals surface area contributed by atoms with Crippen molar-refractivity contribution in [2.45, 2.75) is 249 Å². The molecule has 0 heterocycles. The van der Waals surface area contributed by atoms with Gasteiger partial charge in [-0.3, -0.25) is 66.9 Å². The van der Waals surface area contributed by atoms with E-state index < -0.39 is 213 Å². The Bertz CT molecular complexity index is 3200. The lowest BCUT2D eigenvalue weighted by Crippen LogP contribution is -2.61. The molecule has 0 aliphatic rings. The molecule has 0 rings (SSSR count). The predicted molar refractivity (Wildman–Crippen MR) is 407 cm³/mol. The van der Waals surface area contributed by atoms with E-state index in [0.29, 0.717) is 0 Å². The van der Waals surface area contributed by atoms with E-state index in [9.17, 15) is 91.4 Å². The lowest BCUT2D eigenvalue weighted by molar-refractivity contribution is -0.162. The number of alkyl carbamates (subject to hydrolysis) is 1. The van der Waals surface area contributed by atoms with E-state index in [1.54, 1.807) is 60.6 Å². The number of aliphatic carboxylic acids is 1. The van der Waals surface area contributed by atoms with Crippen molar-refractivity contribution in [3.63, 3.8) is 0 Å². The second kappa shape index (κ2) is 47.8. The van der Waals surface area contributed by atoms with E-state index in [1.165, 1.54) is 84.8 Å². The SMILES string of the molecule is C/C=C/C[C@@H](C)[C@@H](OC(=O)CN(C)C(=O)[C@@H](COP(=O)(O)O)NC(=O)OC(C)OC(C)=O)[C@@H](NC)C(=O)N[C@@H](CC)C(=O)N(C)CC(=O)N(C)[C@@H](CC(C)C)C(=O)N[C@H](C(=O)N(C)[C@@H](CC(C)C)C(=O)N[C@@H](C)C(=O)N[C@H](C)C(=O)N(C)[C@@H](CC(C)C)C(=O)N(C)[C@@H](CC(C)C)C(=O)N(C)[C@H](C(=O)O)C(C)C)C(C)C. The number of carboxylic acid groups (broad SMARTS) is 1. The molecule has 0 aliphatic heterocycles. The Hall–Kier alpha value is -8.34. The molecule has 36 nitrogen and oxygen atoms in total. The topological polar surface area (TPSA) is 466 Å².